The van der Waals surface area contributed by atoms with Crippen molar-refractivity contribution in [3.63, 3.8) is 0 Å². The Kier molecular flexibility index (Phi) is 4.74. The summed E-state index contributed by atoms with van der Waals surface area (Å²) in [6.07, 6.45) is 3.45. The number of fused-ring (bicyclic) bond motifs is 1. The molecule has 0 bridgehead atoms. The highest BCUT2D eigenvalue weighted by atomic mass is 16.2. The van der Waals surface area contributed by atoms with E-state index in [9.17, 15) is 9.59 Å². The molecular weight excluding hydrogens is 324 g/mol. The first kappa shape index (κ1) is 16.8. The van der Waals surface area contributed by atoms with Gasteiger partial charge >= 0.3 is 0 Å². The molecule has 0 saturated carbocycles. The topological polar surface area (TPSA) is 49.4 Å². The standard InChI is InChI=1S/C22H24N2O2/c25-21-10-5-13-24(21)15-18-8-2-1-7-17(18)14-23-22(26)20-12-11-16-6-3-4-9-19(16)20/h1-4,6-9,20H,5,10-15H2,(H,23,26). The Morgan fingerprint density at radius 2 is 1.81 bits per heavy atom. The van der Waals surface area contributed by atoms with Gasteiger partial charge in [-0.2, -0.15) is 0 Å². The lowest BCUT2D eigenvalue weighted by atomic mass is 10.00. The second-order valence-corrected chi connectivity index (χ2v) is 7.20. The summed E-state index contributed by atoms with van der Waals surface area (Å²) in [6, 6.07) is 16.3. The Morgan fingerprint density at radius 1 is 1.04 bits per heavy atom. The highest BCUT2D eigenvalue weighted by Crippen LogP contribution is 2.33. The molecule has 4 rings (SSSR count). The Hall–Kier alpha value is -2.62. The van der Waals surface area contributed by atoms with Crippen LogP contribution in [-0.4, -0.2) is 23.3 Å². The van der Waals surface area contributed by atoms with Gasteiger partial charge in [-0.15, -0.1) is 0 Å². The van der Waals surface area contributed by atoms with Gasteiger partial charge in [0.1, 0.15) is 0 Å². The number of benzene rings is 2. The average Bonchev–Trinajstić information content (AvgIpc) is 3.27. The SMILES string of the molecule is O=C(NCc1ccccc1CN1CCCC1=O)C1CCc2ccccc21. The molecule has 1 saturated heterocycles. The molecule has 2 amide bonds. The molecule has 1 N–H and O–H groups in total. The Labute approximate surface area is 154 Å². The van der Waals surface area contributed by atoms with Crippen LogP contribution in [0.15, 0.2) is 48.5 Å². The summed E-state index contributed by atoms with van der Waals surface area (Å²) in [6.45, 7) is 1.98. The largest absolute Gasteiger partial charge is 0.351 e. The molecule has 1 fully saturated rings. The van der Waals surface area contributed by atoms with Crippen molar-refractivity contribution in [3.8, 4) is 0 Å². The number of hydrogen-bond acceptors (Lipinski definition) is 2. The molecule has 1 unspecified atom stereocenters. The van der Waals surface area contributed by atoms with E-state index in [1.165, 1.54) is 11.1 Å². The molecule has 1 atom stereocenters. The second kappa shape index (κ2) is 7.32. The van der Waals surface area contributed by atoms with Gasteiger partial charge in [-0.25, -0.2) is 0 Å². The van der Waals surface area contributed by atoms with E-state index in [1.54, 1.807) is 0 Å². The maximum atomic E-state index is 12.7. The van der Waals surface area contributed by atoms with Crippen molar-refractivity contribution < 1.29 is 9.59 Å². The number of likely N-dealkylation sites (tertiary alicyclic amines) is 1. The predicted molar refractivity (Wildman–Crippen MR) is 100 cm³/mol. The lowest BCUT2D eigenvalue weighted by molar-refractivity contribution is -0.128. The molecule has 4 heteroatoms. The van der Waals surface area contributed by atoms with Gasteiger partial charge in [-0.05, 0) is 41.5 Å². The maximum Gasteiger partial charge on any atom is 0.227 e. The average molecular weight is 348 g/mol. The van der Waals surface area contributed by atoms with Crippen LogP contribution >= 0.6 is 0 Å². The number of amides is 2. The quantitative estimate of drug-likeness (QED) is 0.902. The molecule has 0 aromatic heterocycles. The van der Waals surface area contributed by atoms with Gasteiger partial charge in [0, 0.05) is 26.1 Å². The van der Waals surface area contributed by atoms with E-state index in [2.05, 4.69) is 23.5 Å². The number of aryl methyl sites for hydroxylation is 1. The maximum absolute atomic E-state index is 12.7. The second-order valence-electron chi connectivity index (χ2n) is 7.20. The van der Waals surface area contributed by atoms with Crippen LogP contribution in [0.2, 0.25) is 0 Å². The summed E-state index contributed by atoms with van der Waals surface area (Å²) < 4.78 is 0. The normalized spacial score (nSPS) is 18.8. The van der Waals surface area contributed by atoms with E-state index < -0.39 is 0 Å². The van der Waals surface area contributed by atoms with Crippen LogP contribution < -0.4 is 5.32 Å². The van der Waals surface area contributed by atoms with Crippen molar-refractivity contribution in [2.24, 2.45) is 0 Å². The summed E-state index contributed by atoms with van der Waals surface area (Å²) in [5, 5.41) is 3.12. The summed E-state index contributed by atoms with van der Waals surface area (Å²) in [5.41, 5.74) is 4.67. The van der Waals surface area contributed by atoms with E-state index in [0.29, 0.717) is 19.5 Å². The fraction of sp³-hybridized carbons (Fsp3) is 0.364. The molecule has 134 valence electrons. The lowest BCUT2D eigenvalue weighted by Crippen LogP contribution is -2.29. The van der Waals surface area contributed by atoms with Crippen LogP contribution in [0.5, 0.6) is 0 Å². The van der Waals surface area contributed by atoms with E-state index in [1.807, 2.05) is 35.2 Å². The zero-order chi connectivity index (χ0) is 17.9. The van der Waals surface area contributed by atoms with E-state index in [-0.39, 0.29) is 17.7 Å². The number of carbonyl (C=O) groups is 2. The van der Waals surface area contributed by atoms with Crippen LogP contribution in [0.3, 0.4) is 0 Å². The predicted octanol–water partition coefficient (Wildman–Crippen LogP) is 3.16. The third kappa shape index (κ3) is 3.36. The third-order valence-electron chi connectivity index (χ3n) is 5.55. The van der Waals surface area contributed by atoms with Crippen molar-refractivity contribution in [1.29, 1.82) is 0 Å². The lowest BCUT2D eigenvalue weighted by Gasteiger charge is -2.19. The number of nitrogens with one attached hydrogen (secondary N) is 1. The molecule has 0 spiro atoms. The Balaban J connectivity index is 1.42. The fourth-order valence-electron chi connectivity index (χ4n) is 4.10. The minimum atomic E-state index is -0.0430. The molecule has 2 aromatic carbocycles. The summed E-state index contributed by atoms with van der Waals surface area (Å²) >= 11 is 0. The summed E-state index contributed by atoms with van der Waals surface area (Å²) in [7, 11) is 0. The summed E-state index contributed by atoms with van der Waals surface area (Å²) in [4.78, 5) is 26.5. The van der Waals surface area contributed by atoms with Gasteiger partial charge < -0.3 is 10.2 Å². The van der Waals surface area contributed by atoms with Crippen LogP contribution in [-0.2, 0) is 29.1 Å². The van der Waals surface area contributed by atoms with E-state index in [0.717, 1.165) is 36.9 Å². The first-order valence-electron chi connectivity index (χ1n) is 9.42. The van der Waals surface area contributed by atoms with Gasteiger partial charge in [-0.3, -0.25) is 9.59 Å². The molecule has 4 nitrogen and oxygen atoms in total. The van der Waals surface area contributed by atoms with Crippen molar-refractivity contribution in [2.45, 2.75) is 44.7 Å². The minimum absolute atomic E-state index is 0.0430. The van der Waals surface area contributed by atoms with Crippen LogP contribution in [0.1, 0.15) is 47.4 Å². The molecule has 0 radical (unpaired) electrons. The smallest absolute Gasteiger partial charge is 0.227 e. The highest BCUT2D eigenvalue weighted by molar-refractivity contribution is 5.85. The Bertz CT molecular complexity index is 830. The number of nitrogens with zero attached hydrogens (tertiary/aromatic N) is 1. The molecule has 2 aromatic rings. The third-order valence-corrected chi connectivity index (χ3v) is 5.55. The van der Waals surface area contributed by atoms with Gasteiger partial charge in [0.2, 0.25) is 11.8 Å². The van der Waals surface area contributed by atoms with E-state index in [4.69, 9.17) is 0 Å². The molecule has 1 aliphatic heterocycles. The first-order valence-corrected chi connectivity index (χ1v) is 9.42. The first-order chi connectivity index (χ1) is 12.7. The zero-order valence-electron chi connectivity index (χ0n) is 14.9. The Morgan fingerprint density at radius 3 is 2.62 bits per heavy atom. The van der Waals surface area contributed by atoms with Crippen LogP contribution in [0.25, 0.3) is 0 Å². The van der Waals surface area contributed by atoms with Crippen molar-refractivity contribution >= 4 is 11.8 Å². The van der Waals surface area contributed by atoms with Gasteiger partial charge in [0.25, 0.3) is 0 Å². The molecule has 2 aliphatic rings. The monoisotopic (exact) mass is 348 g/mol. The van der Waals surface area contributed by atoms with Gasteiger partial charge in [-0.1, -0.05) is 48.5 Å². The number of hydrogen-bond donors (Lipinski definition) is 1. The molecule has 1 heterocycles. The van der Waals surface area contributed by atoms with Crippen molar-refractivity contribution in [1.82, 2.24) is 10.2 Å². The minimum Gasteiger partial charge on any atom is -0.351 e. The molecular formula is C22H24N2O2. The van der Waals surface area contributed by atoms with E-state index >= 15 is 0 Å². The molecule has 26 heavy (non-hydrogen) atoms. The van der Waals surface area contributed by atoms with Gasteiger partial charge in [0.05, 0.1) is 5.92 Å². The van der Waals surface area contributed by atoms with Crippen molar-refractivity contribution in [3.05, 3.63) is 70.8 Å². The summed E-state index contributed by atoms with van der Waals surface area (Å²) in [5.74, 6) is 0.284. The zero-order valence-corrected chi connectivity index (χ0v) is 14.9. The fourth-order valence-corrected chi connectivity index (χ4v) is 4.10. The van der Waals surface area contributed by atoms with Crippen LogP contribution in [0, 0.1) is 0 Å². The van der Waals surface area contributed by atoms with Crippen LogP contribution in [0.4, 0.5) is 0 Å². The number of rotatable bonds is 5. The number of carbonyl (C=O) groups excluding carboxylic acids is 2. The van der Waals surface area contributed by atoms with Crippen molar-refractivity contribution in [2.75, 3.05) is 6.54 Å². The van der Waals surface area contributed by atoms with Gasteiger partial charge in [0.15, 0.2) is 0 Å². The highest BCUT2D eigenvalue weighted by Gasteiger charge is 2.28. The molecule has 1 aliphatic carbocycles.